The zero-order valence-corrected chi connectivity index (χ0v) is 44.6. The number of benzene rings is 4. The fourth-order valence-electron chi connectivity index (χ4n) is 8.54. The van der Waals surface area contributed by atoms with E-state index in [0.29, 0.717) is 0 Å². The van der Waals surface area contributed by atoms with Crippen LogP contribution in [0.15, 0.2) is 225 Å². The summed E-state index contributed by atoms with van der Waals surface area (Å²) in [7, 11) is -1.12. The van der Waals surface area contributed by atoms with Crippen molar-refractivity contribution in [3.63, 3.8) is 0 Å². The molecule has 0 N–H and O–H groups in total. The maximum absolute atomic E-state index is 5.31. The number of alkyl halides is 6. The van der Waals surface area contributed by atoms with Crippen molar-refractivity contribution in [2.24, 2.45) is 0 Å². The molecule has 8 bridgehead atoms. The molecule has 0 fully saturated rings. The van der Waals surface area contributed by atoms with Gasteiger partial charge in [0.05, 0.1) is 22.3 Å². The van der Waals surface area contributed by atoms with Crippen LogP contribution in [0.2, 0.25) is 0 Å². The predicted octanol–water partition coefficient (Wildman–Crippen LogP) is 11.8. The maximum Gasteiger partial charge on any atom is 0.325 e. The molecule has 0 unspecified atom stereocenters. The molecule has 0 atom stereocenters. The second kappa shape index (κ2) is 25.9. The second-order valence-electron chi connectivity index (χ2n) is 15.9. The van der Waals surface area contributed by atoms with E-state index in [1.54, 1.807) is 18.6 Å². The van der Waals surface area contributed by atoms with Crippen LogP contribution in [0, 0.1) is 60.5 Å². The summed E-state index contributed by atoms with van der Waals surface area (Å²) in [6, 6.07) is 64.1. The number of hydrogen-bond donors (Lipinski definition) is 0. The van der Waals surface area contributed by atoms with Gasteiger partial charge in [0.2, 0.25) is 0 Å². The molecule has 18 heteroatoms. The van der Waals surface area contributed by atoms with E-state index < -0.39 is 15.7 Å². The third-order valence-corrected chi connectivity index (χ3v) is 11.4. The second-order valence-corrected chi connectivity index (χ2v) is 19.8. The van der Waals surface area contributed by atoms with Gasteiger partial charge in [0, 0.05) is 176 Å². The van der Waals surface area contributed by atoms with Gasteiger partial charge in [0.15, 0.2) is 8.59 Å². The van der Waals surface area contributed by atoms with Crippen molar-refractivity contribution >= 4 is 76.7 Å². The normalized spacial score (nSPS) is 11.8. The molecule has 0 spiro atoms. The average Bonchev–Trinajstić information content (AvgIpc) is 4.24. The summed E-state index contributed by atoms with van der Waals surface area (Å²) >= 11 is 28.8. The van der Waals surface area contributed by atoms with E-state index in [1.807, 2.05) is 74.8 Å². The molecule has 1 aliphatic heterocycles. The van der Waals surface area contributed by atoms with Crippen molar-refractivity contribution in [1.29, 1.82) is 0 Å². The van der Waals surface area contributed by atoms with Crippen LogP contribution >= 0.6 is 69.6 Å². The van der Waals surface area contributed by atoms with E-state index in [-0.39, 0.29) is 36.9 Å². The number of rotatable bonds is 7. The molecule has 0 saturated heterocycles. The van der Waals surface area contributed by atoms with Gasteiger partial charge in [-0.15, -0.1) is 0 Å². The summed E-state index contributed by atoms with van der Waals surface area (Å²) in [4.78, 5) is 21.2. The van der Waals surface area contributed by atoms with Crippen molar-refractivity contribution in [3.05, 3.63) is 317 Å². The number of aromatic nitrogens is 10. The largest absolute Gasteiger partial charge is 0.628 e. The smallest absolute Gasteiger partial charge is 0.325 e. The van der Waals surface area contributed by atoms with Crippen molar-refractivity contribution in [2.45, 2.75) is 8.59 Å². The van der Waals surface area contributed by atoms with Gasteiger partial charge in [0.1, 0.15) is 0 Å². The number of nitrogens with zero attached hydrogens (tertiary/aromatic N) is 10. The van der Waals surface area contributed by atoms with Crippen LogP contribution in [0.3, 0.4) is 0 Å². The van der Waals surface area contributed by atoms with Crippen LogP contribution < -0.4 is 19.9 Å². The van der Waals surface area contributed by atoms with Crippen LogP contribution in [0.1, 0.15) is 67.8 Å². The number of fused-ring (bicyclic) bond motifs is 8. The Bertz CT molecular complexity index is 2780. The number of halogens is 6. The van der Waals surface area contributed by atoms with Crippen molar-refractivity contribution in [2.75, 3.05) is 0 Å². The molecule has 4 aromatic carbocycles. The minimum absolute atomic E-state index is 0. The van der Waals surface area contributed by atoms with Crippen LogP contribution in [-0.4, -0.2) is 44.8 Å². The molecule has 11 aromatic rings. The Hall–Kier alpha value is -5.85. The average molecular weight is 1230 g/mol. The van der Waals surface area contributed by atoms with Crippen LogP contribution in [0.5, 0.6) is 0 Å². The zero-order valence-electron chi connectivity index (χ0n) is 38.2. The summed E-state index contributed by atoms with van der Waals surface area (Å²) < 4.78 is 4.12. The minimum atomic E-state index is -1.12. The fourth-order valence-corrected chi connectivity index (χ4v) is 8.54. The summed E-state index contributed by atoms with van der Waals surface area (Å²) in [6.45, 7) is 0. The monoisotopic (exact) mass is 1230 g/mol. The van der Waals surface area contributed by atoms with Crippen molar-refractivity contribution < 1.29 is 36.9 Å². The first-order chi connectivity index (χ1) is 35.2. The standard InChI is InChI=1S/C44H28N4.C9H10BN6.2CHCl3.Tm/c1-5-13-29(14-6-1)41-33-21-23-35(45-33)42(30-15-7-2-8-16-30)37-25-27-39(47-37)44(32-19-11-4-12-20-32)40-28-26-38(48-40)43(31-17-9-3-10-18-31)36-24-22-34(41)46-36;1-4-11-14(7-1)10(15-8-2-5-12-15)16-9-3-6-13-16;2*2-1(3)4;/h1-28H;1-10H;2*1H;/q;-1;;;. The van der Waals surface area contributed by atoms with Gasteiger partial charge >= 0.3 is 7.12 Å². The minimum Gasteiger partial charge on any atom is -0.628 e. The Morgan fingerprint density at radius 3 is 0.671 bits per heavy atom. The maximum atomic E-state index is 5.31. The van der Waals surface area contributed by atoms with E-state index >= 15 is 0 Å². The van der Waals surface area contributed by atoms with E-state index in [9.17, 15) is 0 Å². The van der Waals surface area contributed by atoms with Gasteiger partial charge in [-0.05, 0) is 155 Å². The van der Waals surface area contributed by atoms with E-state index in [1.165, 1.54) is 0 Å². The Labute approximate surface area is 483 Å². The van der Waals surface area contributed by atoms with Crippen molar-refractivity contribution in [3.8, 4) is 0 Å². The van der Waals surface area contributed by atoms with E-state index in [2.05, 4.69) is 161 Å². The van der Waals surface area contributed by atoms with Gasteiger partial charge in [-0.1, -0.05) is 69.6 Å². The molecule has 8 heterocycles. The van der Waals surface area contributed by atoms with Crippen molar-refractivity contribution in [1.82, 2.24) is 49.0 Å². The Morgan fingerprint density at radius 2 is 0.507 bits per heavy atom. The Morgan fingerprint density at radius 1 is 0.315 bits per heavy atom. The van der Waals surface area contributed by atoms with Gasteiger partial charge in [-0.25, -0.2) is 15.3 Å². The molecule has 12 rings (SSSR count). The van der Waals surface area contributed by atoms with Gasteiger partial charge in [-0.2, -0.15) is 0 Å². The first-order valence-corrected chi connectivity index (χ1v) is 25.1. The van der Waals surface area contributed by atoms with Gasteiger partial charge < -0.3 is 33.7 Å². The van der Waals surface area contributed by atoms with Crippen LogP contribution in [-0.2, 0) is 0 Å². The predicted molar refractivity (Wildman–Crippen MR) is 290 cm³/mol. The van der Waals surface area contributed by atoms with Crippen LogP contribution in [0.4, 0.5) is 0 Å². The molecule has 0 amide bonds. The topological polar surface area (TPSA) is 110 Å². The molecular formula is C55H40BCl6N10Tm-. The molecule has 0 aliphatic carbocycles. The molecule has 0 saturated carbocycles. The summed E-state index contributed by atoms with van der Waals surface area (Å²) in [6.07, 6.45) is 11.0. The fraction of sp³-hybridized carbons (Fsp3) is 0.0364. The summed E-state index contributed by atoms with van der Waals surface area (Å²) in [5.74, 6) is 3.91. The third kappa shape index (κ3) is 13.3. The molecule has 10 nitrogen and oxygen atoms in total. The molecule has 1 radical (unpaired) electrons. The zero-order chi connectivity index (χ0) is 49.8. The van der Waals surface area contributed by atoms with Gasteiger partial charge in [0.25, 0.3) is 0 Å². The molecule has 369 valence electrons. The molecular weight excluding hydrogens is 1190 g/mol. The first kappa shape index (κ1) is 53.4. The van der Waals surface area contributed by atoms with Gasteiger partial charge in [-0.3, -0.25) is 0 Å². The third-order valence-electron chi connectivity index (χ3n) is 11.4. The summed E-state index contributed by atoms with van der Waals surface area (Å²) in [5.41, 5.74) is 11.1. The Balaban J connectivity index is 0.000000235. The Kier molecular flexibility index (Phi) is 18.9. The molecule has 73 heavy (non-hydrogen) atoms. The van der Waals surface area contributed by atoms with E-state index in [0.717, 1.165) is 91.5 Å². The van der Waals surface area contributed by atoms with E-state index in [4.69, 9.17) is 89.5 Å². The summed E-state index contributed by atoms with van der Waals surface area (Å²) in [5, 5.41) is 12.8. The number of hydrogen-bond acceptors (Lipinski definition) is 3. The quantitative estimate of drug-likeness (QED) is 0.0888. The molecule has 1 aliphatic rings. The SMILES string of the molecule is ClC(Cl)Cl.ClC(Cl)Cl.[Tm].c1ccc([C+]2c3ccc([n-]3)[C+](c3ccccc3)c3ccc([n-]3)[C+](c3ccccc3)c3ccc([n-]3)[C+](c3ccccc3)c3ccc2[n-]3)cc1.c1cnn([BH-](n2cccn2)n2cccn2)c1. The first-order valence-electron chi connectivity index (χ1n) is 22.5. The molecule has 7 aromatic heterocycles. The van der Waals surface area contributed by atoms with Crippen LogP contribution in [0.25, 0.3) is 0 Å².